The van der Waals surface area contributed by atoms with E-state index in [0.29, 0.717) is 17.7 Å². The van der Waals surface area contributed by atoms with Gasteiger partial charge in [0.25, 0.3) is 0 Å². The van der Waals surface area contributed by atoms with Crippen LogP contribution in [0.4, 0.5) is 14.5 Å². The third-order valence-electron chi connectivity index (χ3n) is 3.49. The second-order valence-corrected chi connectivity index (χ2v) is 5.17. The number of ether oxygens (including phenoxy) is 1. The van der Waals surface area contributed by atoms with Crippen molar-refractivity contribution in [3.05, 3.63) is 71.6 Å². The van der Waals surface area contributed by atoms with Gasteiger partial charge in [-0.1, -0.05) is 18.2 Å². The fourth-order valence-corrected chi connectivity index (χ4v) is 2.24. The molecule has 1 N–H and O–H groups in total. The molecule has 2 aromatic carbocycles. The molecule has 1 heterocycles. The maximum absolute atomic E-state index is 13.9. The third-order valence-corrected chi connectivity index (χ3v) is 3.49. The lowest BCUT2D eigenvalue weighted by molar-refractivity contribution is 0.0595. The second kappa shape index (κ2) is 7.12. The number of hydrogen-bond acceptors (Lipinski definition) is 5. The molecular formula is C18H14F2N2O3. The van der Waals surface area contributed by atoms with E-state index in [9.17, 15) is 13.6 Å². The lowest BCUT2D eigenvalue weighted by atomic mass is 10.1. The number of esters is 1. The van der Waals surface area contributed by atoms with E-state index in [1.165, 1.54) is 6.26 Å². The number of methoxy groups -OCH3 is 1. The van der Waals surface area contributed by atoms with Gasteiger partial charge in [-0.25, -0.2) is 18.6 Å². The zero-order valence-electron chi connectivity index (χ0n) is 13.3. The third kappa shape index (κ3) is 3.65. The zero-order chi connectivity index (χ0) is 17.8. The summed E-state index contributed by atoms with van der Waals surface area (Å²) in [6, 6.07) is 11.0. The fourth-order valence-electron chi connectivity index (χ4n) is 2.24. The van der Waals surface area contributed by atoms with Crippen molar-refractivity contribution in [3.63, 3.8) is 0 Å². The summed E-state index contributed by atoms with van der Waals surface area (Å²) in [5.41, 5.74) is 0.958. The molecule has 25 heavy (non-hydrogen) atoms. The summed E-state index contributed by atoms with van der Waals surface area (Å²) >= 11 is 0. The molecule has 3 rings (SSSR count). The van der Waals surface area contributed by atoms with Gasteiger partial charge in [0.05, 0.1) is 30.6 Å². The first-order chi connectivity index (χ1) is 12.1. The number of aromatic nitrogens is 1. The van der Waals surface area contributed by atoms with Crippen molar-refractivity contribution in [3.8, 4) is 11.5 Å². The van der Waals surface area contributed by atoms with Crippen LogP contribution in [0.1, 0.15) is 16.1 Å². The first-order valence-electron chi connectivity index (χ1n) is 7.39. The molecular weight excluding hydrogens is 330 g/mol. The van der Waals surface area contributed by atoms with E-state index in [1.807, 2.05) is 30.3 Å². The number of carbonyl (C=O) groups excluding carboxylic acids is 1. The number of nitrogens with one attached hydrogen (secondary N) is 1. The van der Waals surface area contributed by atoms with Gasteiger partial charge in [-0.05, 0) is 18.2 Å². The number of rotatable bonds is 5. The first-order valence-corrected chi connectivity index (χ1v) is 7.39. The SMILES string of the molecule is COC(=O)c1cc(NCc2coc(-c3ccccc3)n2)c(F)cc1F. The van der Waals surface area contributed by atoms with Crippen molar-refractivity contribution in [2.75, 3.05) is 12.4 Å². The van der Waals surface area contributed by atoms with Gasteiger partial charge in [-0.15, -0.1) is 0 Å². The average molecular weight is 344 g/mol. The molecule has 0 aliphatic rings. The Kier molecular flexibility index (Phi) is 4.74. The van der Waals surface area contributed by atoms with Gasteiger partial charge in [0.15, 0.2) is 0 Å². The smallest absolute Gasteiger partial charge is 0.340 e. The normalized spacial score (nSPS) is 10.5. The highest BCUT2D eigenvalue weighted by molar-refractivity contribution is 5.90. The summed E-state index contributed by atoms with van der Waals surface area (Å²) in [6.07, 6.45) is 1.44. The summed E-state index contributed by atoms with van der Waals surface area (Å²) in [5, 5.41) is 2.77. The average Bonchev–Trinajstić information content (AvgIpc) is 3.10. The van der Waals surface area contributed by atoms with Gasteiger partial charge in [0.2, 0.25) is 5.89 Å². The van der Waals surface area contributed by atoms with Crippen LogP contribution in [0.3, 0.4) is 0 Å². The fraction of sp³-hybridized carbons (Fsp3) is 0.111. The van der Waals surface area contributed by atoms with Gasteiger partial charge in [-0.2, -0.15) is 0 Å². The highest BCUT2D eigenvalue weighted by atomic mass is 19.1. The molecule has 0 atom stereocenters. The molecule has 0 fully saturated rings. The predicted molar refractivity (Wildman–Crippen MR) is 87.0 cm³/mol. The minimum Gasteiger partial charge on any atom is -0.465 e. The Hall–Kier alpha value is -3.22. The van der Waals surface area contributed by atoms with Crippen molar-refractivity contribution in [2.45, 2.75) is 6.54 Å². The molecule has 0 aliphatic carbocycles. The molecule has 0 radical (unpaired) electrons. The quantitative estimate of drug-likeness (QED) is 0.708. The summed E-state index contributed by atoms with van der Waals surface area (Å²) in [7, 11) is 1.12. The molecule has 0 unspecified atom stereocenters. The summed E-state index contributed by atoms with van der Waals surface area (Å²) in [5.74, 6) is -2.25. The molecule has 0 aliphatic heterocycles. The van der Waals surface area contributed by atoms with E-state index in [4.69, 9.17) is 4.42 Å². The summed E-state index contributed by atoms with van der Waals surface area (Å²) in [6.45, 7) is 0.138. The molecule has 0 saturated carbocycles. The number of carbonyl (C=O) groups is 1. The lowest BCUT2D eigenvalue weighted by Gasteiger charge is -2.08. The Morgan fingerprint density at radius 3 is 2.68 bits per heavy atom. The molecule has 0 amide bonds. The van der Waals surface area contributed by atoms with Crippen molar-refractivity contribution < 1.29 is 22.7 Å². The number of benzene rings is 2. The van der Waals surface area contributed by atoms with Crippen molar-refractivity contribution in [1.82, 2.24) is 4.98 Å². The van der Waals surface area contributed by atoms with Gasteiger partial charge in [-0.3, -0.25) is 0 Å². The van der Waals surface area contributed by atoms with Gasteiger partial charge in [0.1, 0.15) is 17.9 Å². The van der Waals surface area contributed by atoms with E-state index < -0.39 is 17.6 Å². The Bertz CT molecular complexity index is 895. The van der Waals surface area contributed by atoms with Crippen LogP contribution in [-0.2, 0) is 11.3 Å². The number of anilines is 1. The molecule has 0 spiro atoms. The molecule has 1 aromatic heterocycles. The monoisotopic (exact) mass is 344 g/mol. The van der Waals surface area contributed by atoms with Crippen LogP contribution in [0.25, 0.3) is 11.5 Å². The highest BCUT2D eigenvalue weighted by Crippen LogP contribution is 2.22. The van der Waals surface area contributed by atoms with Crippen molar-refractivity contribution in [2.24, 2.45) is 0 Å². The molecule has 5 nitrogen and oxygen atoms in total. The predicted octanol–water partition coefficient (Wildman–Crippen LogP) is 4.02. The molecule has 128 valence electrons. The second-order valence-electron chi connectivity index (χ2n) is 5.17. The Morgan fingerprint density at radius 2 is 1.96 bits per heavy atom. The van der Waals surface area contributed by atoms with Crippen LogP contribution < -0.4 is 5.32 Å². The maximum Gasteiger partial charge on any atom is 0.340 e. The van der Waals surface area contributed by atoms with E-state index in [-0.39, 0.29) is 17.8 Å². The Morgan fingerprint density at radius 1 is 1.20 bits per heavy atom. The summed E-state index contributed by atoms with van der Waals surface area (Å²) < 4.78 is 37.4. The van der Waals surface area contributed by atoms with Crippen LogP contribution in [0, 0.1) is 11.6 Å². The number of oxazole rings is 1. The van der Waals surface area contributed by atoms with Crippen molar-refractivity contribution >= 4 is 11.7 Å². The van der Waals surface area contributed by atoms with Crippen molar-refractivity contribution in [1.29, 1.82) is 0 Å². The standard InChI is InChI=1S/C18H14F2N2O3/c1-24-18(23)13-7-16(15(20)8-14(13)19)21-9-12-10-25-17(22-12)11-5-3-2-4-6-11/h2-8,10,21H,9H2,1H3. The van der Waals surface area contributed by atoms with Gasteiger partial charge < -0.3 is 14.5 Å². The van der Waals surface area contributed by atoms with Crippen LogP contribution in [0.15, 0.2) is 53.1 Å². The number of hydrogen-bond donors (Lipinski definition) is 1. The van der Waals surface area contributed by atoms with Crippen LogP contribution in [0.5, 0.6) is 0 Å². The largest absolute Gasteiger partial charge is 0.465 e. The molecule has 0 saturated heterocycles. The first kappa shape index (κ1) is 16.6. The number of halogens is 2. The topological polar surface area (TPSA) is 64.4 Å². The van der Waals surface area contributed by atoms with Crippen LogP contribution in [-0.4, -0.2) is 18.1 Å². The lowest BCUT2D eigenvalue weighted by Crippen LogP contribution is -2.08. The zero-order valence-corrected chi connectivity index (χ0v) is 13.3. The van der Waals surface area contributed by atoms with E-state index >= 15 is 0 Å². The highest BCUT2D eigenvalue weighted by Gasteiger charge is 2.17. The van der Waals surface area contributed by atoms with E-state index in [0.717, 1.165) is 18.7 Å². The van der Waals surface area contributed by atoms with Crippen LogP contribution in [0.2, 0.25) is 0 Å². The van der Waals surface area contributed by atoms with Gasteiger partial charge in [0, 0.05) is 11.6 Å². The van der Waals surface area contributed by atoms with E-state index in [2.05, 4.69) is 15.0 Å². The summed E-state index contributed by atoms with van der Waals surface area (Å²) in [4.78, 5) is 15.8. The minimum atomic E-state index is -0.984. The van der Waals surface area contributed by atoms with Crippen LogP contribution >= 0.6 is 0 Å². The Labute approximate surface area is 142 Å². The minimum absolute atomic E-state index is 0.0361. The maximum atomic E-state index is 13.9. The molecule has 0 bridgehead atoms. The van der Waals surface area contributed by atoms with E-state index in [1.54, 1.807) is 0 Å². The Balaban J connectivity index is 1.76. The molecule has 7 heteroatoms. The molecule has 3 aromatic rings. The van der Waals surface area contributed by atoms with Gasteiger partial charge >= 0.3 is 5.97 Å². The number of nitrogens with zero attached hydrogens (tertiary/aromatic N) is 1.